The van der Waals surface area contributed by atoms with Gasteiger partial charge in [-0.15, -0.1) is 0 Å². The number of pyridine rings is 1. The Hall–Kier alpha value is -1.62. The maximum Gasteiger partial charge on any atom is 0.260 e. The summed E-state index contributed by atoms with van der Waals surface area (Å²) < 4.78 is 5.85. The molecule has 23 heavy (non-hydrogen) atoms. The normalized spacial score (nSPS) is 18.8. The quantitative estimate of drug-likeness (QED) is 0.851. The molecule has 0 bridgehead atoms. The third-order valence-electron chi connectivity index (χ3n) is 4.94. The number of amides is 1. The highest BCUT2D eigenvalue weighted by Gasteiger charge is 2.23. The molecule has 1 saturated heterocycles. The van der Waals surface area contributed by atoms with Crippen molar-refractivity contribution in [3.63, 3.8) is 0 Å². The highest BCUT2D eigenvalue weighted by molar-refractivity contribution is 5.78. The number of ether oxygens (including phenoxy) is 1. The van der Waals surface area contributed by atoms with Gasteiger partial charge in [0.25, 0.3) is 5.91 Å². The van der Waals surface area contributed by atoms with E-state index in [1.165, 1.54) is 18.4 Å². The monoisotopic (exact) mass is 317 g/mol. The van der Waals surface area contributed by atoms with E-state index >= 15 is 0 Å². The van der Waals surface area contributed by atoms with Crippen molar-refractivity contribution in [1.29, 1.82) is 0 Å². The number of aromatic nitrogens is 1. The van der Waals surface area contributed by atoms with Crippen molar-refractivity contribution in [3.05, 3.63) is 23.5 Å². The Kier molecular flexibility index (Phi) is 5.16. The van der Waals surface area contributed by atoms with Gasteiger partial charge in [0.1, 0.15) is 5.75 Å². The average molecular weight is 317 g/mol. The van der Waals surface area contributed by atoms with Gasteiger partial charge in [0.2, 0.25) is 0 Å². The molecular formula is C18H27N3O2. The smallest absolute Gasteiger partial charge is 0.260 e. The molecule has 3 rings (SSSR count). The molecule has 0 N–H and O–H groups in total. The molecule has 1 aromatic heterocycles. The first kappa shape index (κ1) is 16.2. The number of nitrogens with zero attached hydrogens (tertiary/aromatic N) is 3. The lowest BCUT2D eigenvalue weighted by molar-refractivity contribution is -0.135. The number of hydrogen-bond donors (Lipinski definition) is 0. The van der Waals surface area contributed by atoms with Crippen LogP contribution in [0.4, 0.5) is 0 Å². The molecule has 2 heterocycles. The summed E-state index contributed by atoms with van der Waals surface area (Å²) in [6.45, 7) is 8.05. The van der Waals surface area contributed by atoms with Gasteiger partial charge >= 0.3 is 0 Å². The number of piperazine rings is 1. The van der Waals surface area contributed by atoms with Crippen LogP contribution in [0.2, 0.25) is 0 Å². The molecule has 0 atom stereocenters. The molecule has 0 radical (unpaired) electrons. The SMILES string of the molecule is CC(C)N1CCN(C(=O)COc2ccnc3c2CCCC3)CC1. The highest BCUT2D eigenvalue weighted by Crippen LogP contribution is 2.27. The molecule has 0 unspecified atom stereocenters. The van der Waals surface area contributed by atoms with Crippen LogP contribution in [-0.4, -0.2) is 59.5 Å². The van der Waals surface area contributed by atoms with Crippen molar-refractivity contribution < 1.29 is 9.53 Å². The Labute approximate surface area is 138 Å². The summed E-state index contributed by atoms with van der Waals surface area (Å²) in [6, 6.07) is 2.44. The number of aryl methyl sites for hydroxylation is 1. The van der Waals surface area contributed by atoms with E-state index < -0.39 is 0 Å². The van der Waals surface area contributed by atoms with Gasteiger partial charge in [0.05, 0.1) is 0 Å². The number of carbonyl (C=O) groups excluding carboxylic acids is 1. The number of carbonyl (C=O) groups is 1. The van der Waals surface area contributed by atoms with E-state index in [1.54, 1.807) is 6.20 Å². The molecule has 1 amide bonds. The van der Waals surface area contributed by atoms with Crippen LogP contribution in [0, 0.1) is 0 Å². The average Bonchev–Trinajstić information content (AvgIpc) is 2.59. The van der Waals surface area contributed by atoms with Crippen molar-refractivity contribution in [1.82, 2.24) is 14.8 Å². The summed E-state index contributed by atoms with van der Waals surface area (Å²) in [5.41, 5.74) is 2.35. The van der Waals surface area contributed by atoms with Gasteiger partial charge < -0.3 is 9.64 Å². The maximum absolute atomic E-state index is 12.4. The van der Waals surface area contributed by atoms with E-state index in [0.717, 1.165) is 50.5 Å². The molecule has 1 aliphatic carbocycles. The minimum Gasteiger partial charge on any atom is -0.483 e. The van der Waals surface area contributed by atoms with Crippen LogP contribution in [0.3, 0.4) is 0 Å². The molecule has 5 nitrogen and oxygen atoms in total. The van der Waals surface area contributed by atoms with Gasteiger partial charge in [-0.1, -0.05) is 0 Å². The standard InChI is InChI=1S/C18H27N3O2/c1-14(2)20-9-11-21(12-10-20)18(22)13-23-17-7-8-19-16-6-4-3-5-15(16)17/h7-8,14H,3-6,9-13H2,1-2H3. The third-order valence-corrected chi connectivity index (χ3v) is 4.94. The zero-order valence-corrected chi connectivity index (χ0v) is 14.3. The van der Waals surface area contributed by atoms with E-state index in [2.05, 4.69) is 23.7 Å². The van der Waals surface area contributed by atoms with Gasteiger partial charge in [0, 0.05) is 49.7 Å². The lowest BCUT2D eigenvalue weighted by Gasteiger charge is -2.36. The summed E-state index contributed by atoms with van der Waals surface area (Å²) in [7, 11) is 0. The van der Waals surface area contributed by atoms with Crippen molar-refractivity contribution >= 4 is 5.91 Å². The van der Waals surface area contributed by atoms with Crippen molar-refractivity contribution in [2.24, 2.45) is 0 Å². The van der Waals surface area contributed by atoms with Crippen LogP contribution in [-0.2, 0) is 17.6 Å². The Balaban J connectivity index is 1.54. The topological polar surface area (TPSA) is 45.7 Å². The fraction of sp³-hybridized carbons (Fsp3) is 0.667. The van der Waals surface area contributed by atoms with Gasteiger partial charge in [-0.25, -0.2) is 0 Å². The number of hydrogen-bond acceptors (Lipinski definition) is 4. The summed E-state index contributed by atoms with van der Waals surface area (Å²) in [6.07, 6.45) is 6.21. The van der Waals surface area contributed by atoms with Crippen LogP contribution in [0.5, 0.6) is 5.75 Å². The fourth-order valence-corrected chi connectivity index (χ4v) is 3.45. The van der Waals surface area contributed by atoms with Crippen LogP contribution >= 0.6 is 0 Å². The third kappa shape index (κ3) is 3.83. The van der Waals surface area contributed by atoms with E-state index in [9.17, 15) is 4.79 Å². The molecule has 0 aromatic carbocycles. The molecule has 1 fully saturated rings. The van der Waals surface area contributed by atoms with Crippen LogP contribution in [0.1, 0.15) is 37.9 Å². The van der Waals surface area contributed by atoms with Gasteiger partial charge in [-0.2, -0.15) is 0 Å². The molecular weight excluding hydrogens is 290 g/mol. The van der Waals surface area contributed by atoms with Crippen molar-refractivity contribution in [2.75, 3.05) is 32.8 Å². The van der Waals surface area contributed by atoms with Crippen LogP contribution < -0.4 is 4.74 Å². The minimum atomic E-state index is 0.0924. The number of rotatable bonds is 4. The first-order valence-electron chi connectivity index (χ1n) is 8.76. The largest absolute Gasteiger partial charge is 0.483 e. The number of fused-ring (bicyclic) bond motifs is 1. The van der Waals surface area contributed by atoms with E-state index in [4.69, 9.17) is 4.74 Å². The second kappa shape index (κ2) is 7.30. The first-order valence-corrected chi connectivity index (χ1v) is 8.76. The van der Waals surface area contributed by atoms with Crippen molar-refractivity contribution in [2.45, 2.75) is 45.6 Å². The van der Waals surface area contributed by atoms with E-state index in [-0.39, 0.29) is 12.5 Å². The molecule has 1 aliphatic heterocycles. The first-order chi connectivity index (χ1) is 11.1. The molecule has 2 aliphatic rings. The molecule has 1 aromatic rings. The van der Waals surface area contributed by atoms with Crippen molar-refractivity contribution in [3.8, 4) is 5.75 Å². The predicted octanol–water partition coefficient (Wildman–Crippen LogP) is 1.89. The predicted molar refractivity (Wildman–Crippen MR) is 89.7 cm³/mol. The zero-order chi connectivity index (χ0) is 16.2. The summed E-state index contributed by atoms with van der Waals surface area (Å²) in [5, 5.41) is 0. The summed E-state index contributed by atoms with van der Waals surface area (Å²) in [5.74, 6) is 0.943. The molecule has 126 valence electrons. The zero-order valence-electron chi connectivity index (χ0n) is 14.3. The molecule has 0 saturated carbocycles. The van der Waals surface area contributed by atoms with Crippen LogP contribution in [0.25, 0.3) is 0 Å². The Morgan fingerprint density at radius 1 is 1.22 bits per heavy atom. The maximum atomic E-state index is 12.4. The summed E-state index contributed by atoms with van der Waals surface area (Å²) >= 11 is 0. The summed E-state index contributed by atoms with van der Waals surface area (Å²) in [4.78, 5) is 21.2. The van der Waals surface area contributed by atoms with E-state index in [1.807, 2.05) is 11.0 Å². The van der Waals surface area contributed by atoms with Gasteiger partial charge in [-0.3, -0.25) is 14.7 Å². The highest BCUT2D eigenvalue weighted by atomic mass is 16.5. The van der Waals surface area contributed by atoms with Gasteiger partial charge in [0.15, 0.2) is 6.61 Å². The Bertz CT molecular complexity index is 551. The Morgan fingerprint density at radius 3 is 2.70 bits per heavy atom. The second-order valence-corrected chi connectivity index (χ2v) is 6.74. The van der Waals surface area contributed by atoms with Gasteiger partial charge in [-0.05, 0) is 45.6 Å². The van der Waals surface area contributed by atoms with E-state index in [0.29, 0.717) is 6.04 Å². The lowest BCUT2D eigenvalue weighted by atomic mass is 9.95. The minimum absolute atomic E-state index is 0.0924. The molecule has 0 spiro atoms. The Morgan fingerprint density at radius 2 is 1.96 bits per heavy atom. The fourth-order valence-electron chi connectivity index (χ4n) is 3.45. The lowest BCUT2D eigenvalue weighted by Crippen LogP contribution is -2.51. The molecule has 5 heteroatoms. The van der Waals surface area contributed by atoms with Crippen LogP contribution in [0.15, 0.2) is 12.3 Å². The second-order valence-electron chi connectivity index (χ2n) is 6.74.